The van der Waals surface area contributed by atoms with Crippen molar-refractivity contribution in [2.45, 2.75) is 44.8 Å². The van der Waals surface area contributed by atoms with E-state index < -0.39 is 31.4 Å². The molecular weight excluding hydrogens is 343 g/mol. The summed E-state index contributed by atoms with van der Waals surface area (Å²) < 4.78 is 7.55. The number of hydrogen-bond donors (Lipinski definition) is 3. The fraction of sp³-hybridized carbons (Fsp3) is 0.625. The van der Waals surface area contributed by atoms with Gasteiger partial charge in [-0.25, -0.2) is 9.97 Å². The molecule has 1 fully saturated rings. The second kappa shape index (κ2) is 6.36. The number of aromatic amines is 1. The van der Waals surface area contributed by atoms with Crippen LogP contribution in [0.25, 0.3) is 11.2 Å². The monoisotopic (exact) mass is 368 g/mol. The van der Waals surface area contributed by atoms with Crippen molar-refractivity contribution in [3.05, 3.63) is 22.0 Å². The minimum atomic E-state index is -1.26. The van der Waals surface area contributed by atoms with Gasteiger partial charge in [0.25, 0.3) is 5.56 Å². The summed E-state index contributed by atoms with van der Waals surface area (Å²) in [5.74, 6) is 0.951. The second-order valence-electron chi connectivity index (χ2n) is 7.35. The minimum absolute atomic E-state index is 0.196. The maximum absolute atomic E-state index is 12.1. The smallest absolute Gasteiger partial charge is 0.279 e. The van der Waals surface area contributed by atoms with E-state index in [4.69, 9.17) is 4.74 Å². The van der Waals surface area contributed by atoms with Crippen molar-refractivity contribution < 1.29 is 14.9 Å². The molecule has 0 amide bonds. The van der Waals surface area contributed by atoms with Crippen LogP contribution in [0.1, 0.15) is 24.3 Å². The maximum Gasteiger partial charge on any atom is 0.279 e. The molecule has 0 aliphatic carbocycles. The Kier molecular flexibility index (Phi) is 4.66. The number of fused-ring (bicyclic) bond motifs is 1. The number of aryl methyl sites for hydroxylation is 2. The highest BCUT2D eigenvalue weighted by Gasteiger charge is 2.44. The first-order valence-corrected chi connectivity index (χ1v) is 11.3. The van der Waals surface area contributed by atoms with E-state index in [-0.39, 0.29) is 11.1 Å². The van der Waals surface area contributed by atoms with E-state index in [0.717, 1.165) is 6.16 Å². The molecule has 2 aromatic rings. The number of aliphatic hydroxyl groups excluding tert-OH is 2. The summed E-state index contributed by atoms with van der Waals surface area (Å²) >= 11 is 0. The van der Waals surface area contributed by atoms with E-state index in [1.807, 2.05) is 0 Å². The van der Waals surface area contributed by atoms with E-state index in [9.17, 15) is 15.0 Å². The molecule has 0 radical (unpaired) electrons. The fourth-order valence-electron chi connectivity index (χ4n) is 3.16. The average Bonchev–Trinajstić information content (AvgIpc) is 2.95. The molecule has 0 spiro atoms. The number of nitrogens with one attached hydrogen (secondary N) is 1. The van der Waals surface area contributed by atoms with Crippen LogP contribution in [0.4, 0.5) is 0 Å². The average molecular weight is 368 g/mol. The summed E-state index contributed by atoms with van der Waals surface area (Å²) in [6, 6.07) is 0. The molecule has 9 heteroatoms. The lowest BCUT2D eigenvalue weighted by Gasteiger charge is -2.19. The third-order valence-electron chi connectivity index (χ3n) is 4.46. The van der Waals surface area contributed by atoms with Crippen molar-refractivity contribution in [2.24, 2.45) is 0 Å². The Hall–Kier alpha value is -1.47. The van der Waals surface area contributed by atoms with Crippen LogP contribution in [0, 0.1) is 13.8 Å². The number of aromatic nitrogens is 4. The SMILES string of the molecule is C=P(C)(C)CCC1OC(n2c(C)nc3c(=O)[nH]c(C)nc32)[C@H](O)[C@@H]1O. The van der Waals surface area contributed by atoms with E-state index in [1.54, 1.807) is 18.4 Å². The molecule has 1 saturated heterocycles. The van der Waals surface area contributed by atoms with Crippen molar-refractivity contribution in [1.29, 1.82) is 0 Å². The van der Waals surface area contributed by atoms with Crippen LogP contribution in [-0.2, 0) is 4.74 Å². The van der Waals surface area contributed by atoms with Crippen molar-refractivity contribution >= 4 is 24.3 Å². The van der Waals surface area contributed by atoms with E-state index in [2.05, 4.69) is 34.6 Å². The molecule has 0 saturated carbocycles. The van der Waals surface area contributed by atoms with Crippen LogP contribution < -0.4 is 5.56 Å². The number of rotatable bonds is 4. The topological polar surface area (TPSA) is 113 Å². The van der Waals surface area contributed by atoms with Crippen molar-refractivity contribution in [1.82, 2.24) is 19.5 Å². The zero-order valence-corrected chi connectivity index (χ0v) is 15.8. The van der Waals surface area contributed by atoms with Crippen molar-refractivity contribution in [3.63, 3.8) is 0 Å². The number of aliphatic hydroxyl groups is 2. The van der Waals surface area contributed by atoms with Gasteiger partial charge >= 0.3 is 0 Å². The number of hydrogen-bond acceptors (Lipinski definition) is 6. The molecule has 4 atom stereocenters. The standard InChI is InChI=1S/C16H25N4O4P/c1-8-17-14-11(15(23)18-8)19-9(2)20(14)16-13(22)12(21)10(24-16)6-7-25(3,4)5/h10,12-13,16,21-22H,3,6-7H2,1-2,4-5H3,(H,17,18,23)/t10?,12-,13-,16?/m1/s1. The van der Waals surface area contributed by atoms with Gasteiger partial charge in [-0.3, -0.25) is 9.36 Å². The Morgan fingerprint density at radius 3 is 2.60 bits per heavy atom. The predicted molar refractivity (Wildman–Crippen MR) is 98.9 cm³/mol. The molecule has 0 bridgehead atoms. The largest absolute Gasteiger partial charge is 0.388 e. The van der Waals surface area contributed by atoms with Gasteiger partial charge in [-0.1, -0.05) is 0 Å². The normalized spacial score (nSPS) is 27.3. The lowest BCUT2D eigenvalue weighted by molar-refractivity contribution is -0.0364. The highest BCUT2D eigenvalue weighted by Crippen LogP contribution is 2.40. The Bertz CT molecular complexity index is 899. The molecule has 1 aliphatic rings. The van der Waals surface area contributed by atoms with E-state index in [1.165, 1.54) is 0 Å². The van der Waals surface area contributed by atoms with Gasteiger partial charge in [0.05, 0.1) is 6.10 Å². The molecule has 3 N–H and O–H groups in total. The second-order valence-corrected chi connectivity index (χ2v) is 11.7. The molecule has 2 unspecified atom stereocenters. The lowest BCUT2D eigenvalue weighted by Crippen LogP contribution is -2.32. The molecule has 3 heterocycles. The van der Waals surface area contributed by atoms with E-state index >= 15 is 0 Å². The third kappa shape index (κ3) is 3.44. The van der Waals surface area contributed by atoms with Gasteiger partial charge in [0.1, 0.15) is 23.9 Å². The summed E-state index contributed by atoms with van der Waals surface area (Å²) in [7, 11) is 0. The molecule has 8 nitrogen and oxygen atoms in total. The molecule has 0 aromatic carbocycles. The molecule has 3 rings (SSSR count). The molecule has 25 heavy (non-hydrogen) atoms. The number of ether oxygens (including phenoxy) is 1. The van der Waals surface area contributed by atoms with Crippen LogP contribution in [0.15, 0.2) is 4.79 Å². The van der Waals surface area contributed by atoms with Gasteiger partial charge in [-0.05, 0) is 39.8 Å². The first-order chi connectivity index (χ1) is 11.6. The Morgan fingerprint density at radius 2 is 1.96 bits per heavy atom. The lowest BCUT2D eigenvalue weighted by atomic mass is 10.1. The highest BCUT2D eigenvalue weighted by atomic mass is 31.2. The number of nitrogens with zero attached hydrogens (tertiary/aromatic N) is 3. The predicted octanol–water partition coefficient (Wildman–Crippen LogP) is 0.455. The van der Waals surface area contributed by atoms with Crippen LogP contribution in [0.3, 0.4) is 0 Å². The van der Waals surface area contributed by atoms with Gasteiger partial charge in [-0.15, -0.1) is 13.2 Å². The zero-order valence-electron chi connectivity index (χ0n) is 14.9. The Balaban J connectivity index is 1.97. The van der Waals surface area contributed by atoms with Crippen LogP contribution >= 0.6 is 6.89 Å². The third-order valence-corrected chi connectivity index (χ3v) is 5.92. The van der Waals surface area contributed by atoms with Gasteiger partial charge < -0.3 is 19.9 Å². The summed E-state index contributed by atoms with van der Waals surface area (Å²) in [5.41, 5.74) is 0.208. The molecule has 138 valence electrons. The summed E-state index contributed by atoms with van der Waals surface area (Å²) in [6.07, 6.45) is 2.21. The van der Waals surface area contributed by atoms with Crippen molar-refractivity contribution in [2.75, 3.05) is 19.5 Å². The van der Waals surface area contributed by atoms with Crippen LogP contribution in [0.2, 0.25) is 0 Å². The van der Waals surface area contributed by atoms with E-state index in [0.29, 0.717) is 23.7 Å². The van der Waals surface area contributed by atoms with Crippen LogP contribution in [0.5, 0.6) is 0 Å². The van der Waals surface area contributed by atoms with Gasteiger partial charge in [0.15, 0.2) is 17.4 Å². The quantitative estimate of drug-likeness (QED) is 0.676. The first-order valence-electron chi connectivity index (χ1n) is 8.23. The Morgan fingerprint density at radius 1 is 1.28 bits per heavy atom. The van der Waals surface area contributed by atoms with Crippen LogP contribution in [-0.4, -0.2) is 73.8 Å². The summed E-state index contributed by atoms with van der Waals surface area (Å²) in [6.45, 7) is 6.38. The maximum atomic E-state index is 12.1. The molecule has 2 aromatic heterocycles. The molecular formula is C16H25N4O4P. The molecule has 1 aliphatic heterocycles. The Labute approximate surface area is 145 Å². The highest BCUT2D eigenvalue weighted by molar-refractivity contribution is 7.72. The first kappa shape index (κ1) is 18.3. The fourth-order valence-corrected chi connectivity index (χ4v) is 4.12. The van der Waals surface area contributed by atoms with Gasteiger partial charge in [0.2, 0.25) is 0 Å². The van der Waals surface area contributed by atoms with Gasteiger partial charge in [-0.2, -0.15) is 0 Å². The van der Waals surface area contributed by atoms with Gasteiger partial charge in [0, 0.05) is 0 Å². The van der Waals surface area contributed by atoms with Crippen molar-refractivity contribution in [3.8, 4) is 0 Å². The number of H-pyrrole nitrogens is 1. The number of imidazole rings is 1. The summed E-state index contributed by atoms with van der Waals surface area (Å²) in [4.78, 5) is 23.3. The zero-order chi connectivity index (χ0) is 18.5. The minimum Gasteiger partial charge on any atom is -0.388 e. The summed E-state index contributed by atoms with van der Waals surface area (Å²) in [5, 5.41) is 20.9.